The van der Waals surface area contributed by atoms with E-state index in [-0.39, 0.29) is 11.9 Å². The second-order valence-electron chi connectivity index (χ2n) is 9.03. The van der Waals surface area contributed by atoms with Gasteiger partial charge in [-0.15, -0.1) is 0 Å². The summed E-state index contributed by atoms with van der Waals surface area (Å²) in [5.41, 5.74) is 6.54. The van der Waals surface area contributed by atoms with Gasteiger partial charge in [-0.1, -0.05) is 48.5 Å². The fraction of sp³-hybridized carbons (Fsp3) is 0.296. The minimum Gasteiger partial charge on any atom is -0.348 e. The Morgan fingerprint density at radius 3 is 2.42 bits per heavy atom. The highest BCUT2D eigenvalue weighted by Gasteiger charge is 2.19. The standard InChI is InChI=1S/C27H31N5O/c1-18(2)32-26-24(16-29-32)23(14-25(30-26)22-9-7-6-8-19(22)3)27(33)28-15-20-10-12-21(13-11-20)17-31(4)5/h6-14,16,18H,15,17H2,1-5H3,(H,28,33). The summed E-state index contributed by atoms with van der Waals surface area (Å²) in [6.45, 7) is 7.54. The molecular formula is C27H31N5O. The number of benzene rings is 2. The van der Waals surface area contributed by atoms with Crippen molar-refractivity contribution >= 4 is 16.9 Å². The summed E-state index contributed by atoms with van der Waals surface area (Å²) in [5.74, 6) is -0.127. The second-order valence-corrected chi connectivity index (χ2v) is 9.03. The Kier molecular flexibility index (Phi) is 6.56. The van der Waals surface area contributed by atoms with E-state index in [0.29, 0.717) is 12.1 Å². The lowest BCUT2D eigenvalue weighted by Crippen LogP contribution is -2.23. The van der Waals surface area contributed by atoms with Crippen LogP contribution in [0, 0.1) is 6.92 Å². The molecule has 0 fully saturated rings. The molecule has 0 radical (unpaired) electrons. The Bertz CT molecular complexity index is 1270. The molecule has 33 heavy (non-hydrogen) atoms. The number of hydrogen-bond donors (Lipinski definition) is 1. The monoisotopic (exact) mass is 441 g/mol. The van der Waals surface area contributed by atoms with E-state index < -0.39 is 0 Å². The van der Waals surface area contributed by atoms with Crippen LogP contribution < -0.4 is 5.32 Å². The van der Waals surface area contributed by atoms with Crippen LogP contribution in [0.2, 0.25) is 0 Å². The van der Waals surface area contributed by atoms with Gasteiger partial charge in [-0.25, -0.2) is 9.67 Å². The summed E-state index contributed by atoms with van der Waals surface area (Å²) in [4.78, 5) is 20.3. The van der Waals surface area contributed by atoms with Crippen LogP contribution in [-0.4, -0.2) is 39.7 Å². The number of aryl methyl sites for hydroxylation is 1. The zero-order valence-electron chi connectivity index (χ0n) is 20.0. The predicted molar refractivity (Wildman–Crippen MR) is 133 cm³/mol. The first-order valence-corrected chi connectivity index (χ1v) is 11.3. The molecule has 0 saturated carbocycles. The Morgan fingerprint density at radius 2 is 1.76 bits per heavy atom. The van der Waals surface area contributed by atoms with E-state index in [1.165, 1.54) is 5.56 Å². The summed E-state index contributed by atoms with van der Waals surface area (Å²) in [5, 5.41) is 8.37. The molecule has 6 heteroatoms. The number of nitrogens with zero attached hydrogens (tertiary/aromatic N) is 4. The zero-order chi connectivity index (χ0) is 23.5. The Hall–Kier alpha value is -3.51. The van der Waals surface area contributed by atoms with Gasteiger partial charge in [0.15, 0.2) is 5.65 Å². The van der Waals surface area contributed by atoms with E-state index in [0.717, 1.165) is 40.0 Å². The van der Waals surface area contributed by atoms with Gasteiger partial charge in [-0.3, -0.25) is 4.79 Å². The van der Waals surface area contributed by atoms with Crippen LogP contribution in [0.4, 0.5) is 0 Å². The molecule has 170 valence electrons. The summed E-state index contributed by atoms with van der Waals surface area (Å²) < 4.78 is 1.87. The number of amides is 1. The zero-order valence-corrected chi connectivity index (χ0v) is 20.0. The first kappa shape index (κ1) is 22.7. The third kappa shape index (κ3) is 4.96. The fourth-order valence-electron chi connectivity index (χ4n) is 3.99. The van der Waals surface area contributed by atoms with Crippen molar-refractivity contribution in [3.63, 3.8) is 0 Å². The number of nitrogens with one attached hydrogen (secondary N) is 1. The Morgan fingerprint density at radius 1 is 1.06 bits per heavy atom. The maximum atomic E-state index is 13.3. The SMILES string of the molecule is Cc1ccccc1-c1cc(C(=O)NCc2ccc(CN(C)C)cc2)c2cnn(C(C)C)c2n1. The molecule has 4 rings (SSSR count). The van der Waals surface area contributed by atoms with Gasteiger partial charge < -0.3 is 10.2 Å². The van der Waals surface area contributed by atoms with E-state index in [4.69, 9.17) is 4.98 Å². The van der Waals surface area contributed by atoms with E-state index in [9.17, 15) is 4.79 Å². The molecule has 2 aromatic heterocycles. The molecule has 0 bridgehead atoms. The van der Waals surface area contributed by atoms with Gasteiger partial charge in [0.1, 0.15) is 0 Å². The first-order valence-electron chi connectivity index (χ1n) is 11.3. The first-order chi connectivity index (χ1) is 15.8. The van der Waals surface area contributed by atoms with Crippen molar-refractivity contribution in [3.05, 3.63) is 83.0 Å². The molecule has 2 aromatic carbocycles. The van der Waals surface area contributed by atoms with Crippen LogP contribution >= 0.6 is 0 Å². The predicted octanol–water partition coefficient (Wildman–Crippen LogP) is 4.98. The Balaban J connectivity index is 1.66. The van der Waals surface area contributed by atoms with Crippen LogP contribution in [0.5, 0.6) is 0 Å². The average molecular weight is 442 g/mol. The lowest BCUT2D eigenvalue weighted by molar-refractivity contribution is 0.0952. The van der Waals surface area contributed by atoms with Crippen molar-refractivity contribution in [1.29, 1.82) is 0 Å². The van der Waals surface area contributed by atoms with Crippen molar-refractivity contribution in [2.45, 2.75) is 39.9 Å². The highest BCUT2D eigenvalue weighted by atomic mass is 16.1. The van der Waals surface area contributed by atoms with Gasteiger partial charge in [0.2, 0.25) is 0 Å². The number of carbonyl (C=O) groups excluding carboxylic acids is 1. The van der Waals surface area contributed by atoms with E-state index >= 15 is 0 Å². The van der Waals surface area contributed by atoms with E-state index in [1.54, 1.807) is 6.20 Å². The molecule has 2 heterocycles. The Labute approximate surface area is 195 Å². The van der Waals surface area contributed by atoms with Crippen LogP contribution in [0.25, 0.3) is 22.3 Å². The van der Waals surface area contributed by atoms with Crippen LogP contribution in [0.1, 0.15) is 46.9 Å². The van der Waals surface area contributed by atoms with Gasteiger partial charge >= 0.3 is 0 Å². The molecule has 0 aliphatic rings. The second kappa shape index (κ2) is 9.55. The number of aromatic nitrogens is 3. The van der Waals surface area contributed by atoms with Gasteiger partial charge in [0, 0.05) is 24.7 Å². The lowest BCUT2D eigenvalue weighted by Gasteiger charge is -2.13. The minimum atomic E-state index is -0.127. The van der Waals surface area contributed by atoms with Crippen molar-refractivity contribution in [2.75, 3.05) is 14.1 Å². The van der Waals surface area contributed by atoms with Crippen LogP contribution in [-0.2, 0) is 13.1 Å². The summed E-state index contributed by atoms with van der Waals surface area (Å²) >= 11 is 0. The molecule has 0 unspecified atom stereocenters. The summed E-state index contributed by atoms with van der Waals surface area (Å²) in [6, 6.07) is 18.5. The minimum absolute atomic E-state index is 0.127. The van der Waals surface area contributed by atoms with Crippen molar-refractivity contribution in [1.82, 2.24) is 25.0 Å². The maximum absolute atomic E-state index is 13.3. The molecule has 1 N–H and O–H groups in total. The quantitative estimate of drug-likeness (QED) is 0.439. The number of carbonyl (C=O) groups is 1. The van der Waals surface area contributed by atoms with Gasteiger partial charge in [0.25, 0.3) is 5.91 Å². The highest BCUT2D eigenvalue weighted by Crippen LogP contribution is 2.28. The van der Waals surface area contributed by atoms with E-state index in [1.807, 2.05) is 28.9 Å². The molecular weight excluding hydrogens is 410 g/mol. The topological polar surface area (TPSA) is 63.1 Å². The van der Waals surface area contributed by atoms with Gasteiger partial charge in [0.05, 0.1) is 22.8 Å². The molecule has 0 saturated heterocycles. The van der Waals surface area contributed by atoms with Gasteiger partial charge in [-0.2, -0.15) is 5.10 Å². The van der Waals surface area contributed by atoms with Crippen LogP contribution in [0.15, 0.2) is 60.8 Å². The molecule has 4 aromatic rings. The number of hydrogen-bond acceptors (Lipinski definition) is 4. The fourth-order valence-corrected chi connectivity index (χ4v) is 3.99. The largest absolute Gasteiger partial charge is 0.348 e. The van der Waals surface area contributed by atoms with E-state index in [2.05, 4.69) is 80.5 Å². The molecule has 1 amide bonds. The third-order valence-electron chi connectivity index (χ3n) is 5.70. The number of pyridine rings is 1. The maximum Gasteiger partial charge on any atom is 0.252 e. The highest BCUT2D eigenvalue weighted by molar-refractivity contribution is 6.06. The summed E-state index contributed by atoms with van der Waals surface area (Å²) in [6.07, 6.45) is 1.74. The smallest absolute Gasteiger partial charge is 0.252 e. The summed E-state index contributed by atoms with van der Waals surface area (Å²) in [7, 11) is 4.10. The number of rotatable bonds is 7. The average Bonchev–Trinajstić information content (AvgIpc) is 3.22. The molecule has 0 atom stereocenters. The molecule has 0 spiro atoms. The molecule has 0 aliphatic carbocycles. The lowest BCUT2D eigenvalue weighted by atomic mass is 10.0. The van der Waals surface area contributed by atoms with Crippen molar-refractivity contribution in [3.8, 4) is 11.3 Å². The third-order valence-corrected chi connectivity index (χ3v) is 5.70. The van der Waals surface area contributed by atoms with Crippen LogP contribution in [0.3, 0.4) is 0 Å². The molecule has 6 nitrogen and oxygen atoms in total. The van der Waals surface area contributed by atoms with Crippen molar-refractivity contribution < 1.29 is 4.79 Å². The normalized spacial score (nSPS) is 11.5. The molecule has 0 aliphatic heterocycles. The van der Waals surface area contributed by atoms with Crippen molar-refractivity contribution in [2.24, 2.45) is 0 Å². The van der Waals surface area contributed by atoms with Gasteiger partial charge in [-0.05, 0) is 57.6 Å². The number of fused-ring (bicyclic) bond motifs is 1.